The van der Waals surface area contributed by atoms with Crippen LogP contribution in [-0.2, 0) is 20.8 Å². The molecule has 0 saturated carbocycles. The lowest BCUT2D eigenvalue weighted by Crippen LogP contribution is -2.43. The minimum Gasteiger partial charge on any atom is -0.481 e. The molecule has 0 amide bonds. The highest BCUT2D eigenvalue weighted by Gasteiger charge is 2.37. The molecule has 1 saturated heterocycles. The fourth-order valence-corrected chi connectivity index (χ4v) is 2.28. The zero-order valence-electron chi connectivity index (χ0n) is 11.8. The number of benzene rings is 1. The van der Waals surface area contributed by atoms with Crippen molar-refractivity contribution in [3.05, 3.63) is 35.9 Å². The molecule has 2 rings (SSSR count). The molecule has 5 nitrogen and oxygen atoms in total. The summed E-state index contributed by atoms with van der Waals surface area (Å²) in [5.41, 5.74) is 1.11. The molecule has 20 heavy (non-hydrogen) atoms. The SMILES string of the molecule is CC1(C)OCC(C(CC(=O)O)NCc2ccccc2)O1. The Bertz CT molecular complexity index is 446. The molecule has 1 aliphatic heterocycles. The number of ether oxygens (including phenoxy) is 2. The first-order valence-corrected chi connectivity index (χ1v) is 6.77. The predicted octanol–water partition coefficient (Wildman–Crippen LogP) is 1.77. The molecule has 0 aromatic heterocycles. The molecule has 0 aliphatic carbocycles. The Morgan fingerprint density at radius 2 is 2.15 bits per heavy atom. The van der Waals surface area contributed by atoms with E-state index < -0.39 is 11.8 Å². The Hall–Kier alpha value is -1.43. The maximum atomic E-state index is 11.0. The lowest BCUT2D eigenvalue weighted by atomic mass is 10.1. The summed E-state index contributed by atoms with van der Waals surface area (Å²) in [6.45, 7) is 4.69. The molecule has 1 aromatic rings. The van der Waals surface area contributed by atoms with Gasteiger partial charge in [0.25, 0.3) is 0 Å². The molecular weight excluding hydrogens is 258 g/mol. The summed E-state index contributed by atoms with van der Waals surface area (Å²) in [6.07, 6.45) is -0.235. The van der Waals surface area contributed by atoms with Crippen molar-refractivity contribution in [2.45, 2.75) is 44.7 Å². The van der Waals surface area contributed by atoms with Gasteiger partial charge in [0.15, 0.2) is 5.79 Å². The minimum atomic E-state index is -0.844. The zero-order valence-corrected chi connectivity index (χ0v) is 11.8. The molecule has 1 aliphatic rings. The molecule has 0 bridgehead atoms. The van der Waals surface area contributed by atoms with Crippen molar-refractivity contribution in [1.29, 1.82) is 0 Å². The van der Waals surface area contributed by atoms with Gasteiger partial charge in [-0.2, -0.15) is 0 Å². The Morgan fingerprint density at radius 3 is 2.70 bits per heavy atom. The monoisotopic (exact) mass is 279 g/mol. The summed E-state index contributed by atoms with van der Waals surface area (Å²) in [6, 6.07) is 9.61. The maximum Gasteiger partial charge on any atom is 0.305 e. The molecule has 0 spiro atoms. The predicted molar refractivity (Wildman–Crippen MR) is 74.2 cm³/mol. The number of carboxylic acid groups (broad SMARTS) is 1. The fraction of sp³-hybridized carbons (Fsp3) is 0.533. The summed E-state index contributed by atoms with van der Waals surface area (Å²) in [4.78, 5) is 11.0. The van der Waals surface area contributed by atoms with E-state index in [1.807, 2.05) is 44.2 Å². The number of carboxylic acids is 1. The van der Waals surface area contributed by atoms with Crippen LogP contribution in [0.5, 0.6) is 0 Å². The quantitative estimate of drug-likeness (QED) is 0.830. The van der Waals surface area contributed by atoms with Crippen LogP contribution in [0.4, 0.5) is 0 Å². The van der Waals surface area contributed by atoms with Crippen LogP contribution >= 0.6 is 0 Å². The topological polar surface area (TPSA) is 67.8 Å². The van der Waals surface area contributed by atoms with Crippen LogP contribution in [0.25, 0.3) is 0 Å². The highest BCUT2D eigenvalue weighted by Crippen LogP contribution is 2.25. The third kappa shape index (κ3) is 4.30. The summed E-state index contributed by atoms with van der Waals surface area (Å²) in [5, 5.41) is 12.3. The Morgan fingerprint density at radius 1 is 1.45 bits per heavy atom. The van der Waals surface area contributed by atoms with Gasteiger partial charge >= 0.3 is 5.97 Å². The number of aliphatic carboxylic acids is 1. The molecule has 110 valence electrons. The van der Waals surface area contributed by atoms with Crippen LogP contribution < -0.4 is 5.32 Å². The standard InChI is InChI=1S/C15H21NO4/c1-15(2)19-10-13(20-15)12(8-14(17)18)16-9-11-6-4-3-5-7-11/h3-7,12-13,16H,8-10H2,1-2H3,(H,17,18). The van der Waals surface area contributed by atoms with Crippen molar-refractivity contribution in [1.82, 2.24) is 5.32 Å². The van der Waals surface area contributed by atoms with E-state index >= 15 is 0 Å². The van der Waals surface area contributed by atoms with Crippen LogP contribution in [0.1, 0.15) is 25.8 Å². The molecule has 2 N–H and O–H groups in total. The molecule has 1 heterocycles. The lowest BCUT2D eigenvalue weighted by Gasteiger charge is -2.24. The number of rotatable bonds is 6. The largest absolute Gasteiger partial charge is 0.481 e. The van der Waals surface area contributed by atoms with Gasteiger partial charge in [-0.25, -0.2) is 0 Å². The fourth-order valence-electron chi connectivity index (χ4n) is 2.28. The first-order valence-electron chi connectivity index (χ1n) is 6.77. The van der Waals surface area contributed by atoms with Crippen molar-refractivity contribution in [2.75, 3.05) is 6.61 Å². The van der Waals surface area contributed by atoms with Gasteiger partial charge in [0.1, 0.15) is 6.10 Å². The number of carbonyl (C=O) groups is 1. The zero-order chi connectivity index (χ0) is 14.6. The van der Waals surface area contributed by atoms with Crippen molar-refractivity contribution in [3.8, 4) is 0 Å². The Balaban J connectivity index is 1.95. The molecule has 2 atom stereocenters. The summed E-state index contributed by atoms with van der Waals surface area (Å²) >= 11 is 0. The Kier molecular flexibility index (Phi) is 4.75. The second-order valence-electron chi connectivity index (χ2n) is 5.44. The average Bonchev–Trinajstić information content (AvgIpc) is 2.76. The van der Waals surface area contributed by atoms with Gasteiger partial charge in [-0.05, 0) is 19.4 Å². The molecular formula is C15H21NO4. The summed E-state index contributed by atoms with van der Waals surface area (Å²) in [7, 11) is 0. The number of hydrogen-bond acceptors (Lipinski definition) is 4. The van der Waals surface area contributed by atoms with Gasteiger partial charge < -0.3 is 19.9 Å². The smallest absolute Gasteiger partial charge is 0.305 e. The second-order valence-corrected chi connectivity index (χ2v) is 5.44. The van der Waals surface area contributed by atoms with E-state index in [2.05, 4.69) is 5.32 Å². The first kappa shape index (κ1) is 15.0. The van der Waals surface area contributed by atoms with E-state index in [4.69, 9.17) is 14.6 Å². The van der Waals surface area contributed by atoms with Crippen LogP contribution in [0.2, 0.25) is 0 Å². The van der Waals surface area contributed by atoms with Gasteiger partial charge in [-0.15, -0.1) is 0 Å². The van der Waals surface area contributed by atoms with Gasteiger partial charge in [0.2, 0.25) is 0 Å². The molecule has 2 unspecified atom stereocenters. The maximum absolute atomic E-state index is 11.0. The van der Waals surface area contributed by atoms with Crippen LogP contribution in [0.15, 0.2) is 30.3 Å². The van der Waals surface area contributed by atoms with Crippen molar-refractivity contribution in [2.24, 2.45) is 0 Å². The third-order valence-electron chi connectivity index (χ3n) is 3.28. The number of hydrogen-bond donors (Lipinski definition) is 2. The van der Waals surface area contributed by atoms with Crippen LogP contribution in [-0.4, -0.2) is 35.6 Å². The average molecular weight is 279 g/mol. The molecule has 0 radical (unpaired) electrons. The van der Waals surface area contributed by atoms with Gasteiger partial charge in [0, 0.05) is 12.6 Å². The molecule has 1 aromatic carbocycles. The van der Waals surface area contributed by atoms with E-state index in [1.165, 1.54) is 0 Å². The Labute approximate surface area is 118 Å². The number of nitrogens with one attached hydrogen (secondary N) is 1. The van der Waals surface area contributed by atoms with Crippen molar-refractivity contribution < 1.29 is 19.4 Å². The lowest BCUT2D eigenvalue weighted by molar-refractivity contribution is -0.147. The highest BCUT2D eigenvalue weighted by atomic mass is 16.7. The molecule has 1 fully saturated rings. The van der Waals surface area contributed by atoms with Gasteiger partial charge in [-0.3, -0.25) is 4.79 Å². The summed E-state index contributed by atoms with van der Waals surface area (Å²) in [5.74, 6) is -1.49. The minimum absolute atomic E-state index is 0.0109. The second kappa shape index (κ2) is 6.35. The highest BCUT2D eigenvalue weighted by molar-refractivity contribution is 5.67. The van der Waals surface area contributed by atoms with E-state index in [0.717, 1.165) is 5.56 Å². The van der Waals surface area contributed by atoms with E-state index in [-0.39, 0.29) is 18.6 Å². The van der Waals surface area contributed by atoms with Gasteiger partial charge in [-0.1, -0.05) is 30.3 Å². The normalized spacial score (nSPS) is 22.6. The van der Waals surface area contributed by atoms with Crippen LogP contribution in [0.3, 0.4) is 0 Å². The van der Waals surface area contributed by atoms with Gasteiger partial charge in [0.05, 0.1) is 13.0 Å². The first-order chi connectivity index (χ1) is 9.46. The van der Waals surface area contributed by atoms with E-state index in [9.17, 15) is 4.79 Å². The third-order valence-corrected chi connectivity index (χ3v) is 3.28. The van der Waals surface area contributed by atoms with Crippen molar-refractivity contribution in [3.63, 3.8) is 0 Å². The summed E-state index contributed by atoms with van der Waals surface area (Å²) < 4.78 is 11.3. The van der Waals surface area contributed by atoms with Crippen molar-refractivity contribution >= 4 is 5.97 Å². The molecule has 5 heteroatoms. The van der Waals surface area contributed by atoms with E-state index in [0.29, 0.717) is 13.2 Å². The van der Waals surface area contributed by atoms with E-state index in [1.54, 1.807) is 0 Å². The van der Waals surface area contributed by atoms with Crippen LogP contribution in [0, 0.1) is 0 Å².